The summed E-state index contributed by atoms with van der Waals surface area (Å²) in [5.41, 5.74) is 3.15. The van der Waals surface area contributed by atoms with Crippen molar-refractivity contribution in [3.8, 4) is 11.5 Å². The summed E-state index contributed by atoms with van der Waals surface area (Å²) >= 11 is 3.45. The standard InChI is InChI=1S/C16H18BrNO3/c1-9-5-6-11(10(2)18-9)15(19)12-7-8-13(20-3)14(17)16(12)21-4/h5-8,15,19H,1-4H3. The zero-order valence-electron chi connectivity index (χ0n) is 12.5. The molecule has 5 heteroatoms. The summed E-state index contributed by atoms with van der Waals surface area (Å²) < 4.78 is 11.3. The van der Waals surface area contributed by atoms with Crippen LogP contribution in [-0.2, 0) is 0 Å². The third kappa shape index (κ3) is 3.04. The van der Waals surface area contributed by atoms with Gasteiger partial charge in [-0.3, -0.25) is 4.98 Å². The first-order chi connectivity index (χ1) is 9.99. The minimum atomic E-state index is -0.810. The van der Waals surface area contributed by atoms with Crippen molar-refractivity contribution in [2.45, 2.75) is 20.0 Å². The molecule has 2 aromatic rings. The predicted octanol–water partition coefficient (Wildman–Crippen LogP) is 3.56. The number of rotatable bonds is 4. The Morgan fingerprint density at radius 1 is 1.05 bits per heavy atom. The smallest absolute Gasteiger partial charge is 0.142 e. The lowest BCUT2D eigenvalue weighted by Crippen LogP contribution is -2.06. The van der Waals surface area contributed by atoms with Gasteiger partial charge in [0, 0.05) is 22.5 Å². The van der Waals surface area contributed by atoms with Gasteiger partial charge in [-0.25, -0.2) is 0 Å². The predicted molar refractivity (Wildman–Crippen MR) is 85.0 cm³/mol. The van der Waals surface area contributed by atoms with Gasteiger partial charge in [0.25, 0.3) is 0 Å². The number of hydrogen-bond donors (Lipinski definition) is 1. The van der Waals surface area contributed by atoms with Crippen LogP contribution in [0.1, 0.15) is 28.6 Å². The average molecular weight is 352 g/mol. The van der Waals surface area contributed by atoms with E-state index in [1.807, 2.05) is 26.0 Å². The van der Waals surface area contributed by atoms with Gasteiger partial charge in [-0.05, 0) is 48.0 Å². The fourth-order valence-corrected chi connectivity index (χ4v) is 2.97. The number of benzene rings is 1. The highest BCUT2D eigenvalue weighted by Crippen LogP contribution is 2.41. The van der Waals surface area contributed by atoms with Crippen molar-refractivity contribution < 1.29 is 14.6 Å². The van der Waals surface area contributed by atoms with Gasteiger partial charge < -0.3 is 14.6 Å². The molecule has 0 aliphatic carbocycles. The molecule has 1 N–H and O–H groups in total. The number of pyridine rings is 1. The lowest BCUT2D eigenvalue weighted by Gasteiger charge is -2.19. The summed E-state index contributed by atoms with van der Waals surface area (Å²) in [6.45, 7) is 3.81. The highest BCUT2D eigenvalue weighted by Gasteiger charge is 2.21. The van der Waals surface area contributed by atoms with Gasteiger partial charge in [-0.15, -0.1) is 0 Å². The van der Waals surface area contributed by atoms with Crippen molar-refractivity contribution in [1.82, 2.24) is 4.98 Å². The van der Waals surface area contributed by atoms with Gasteiger partial charge in [0.1, 0.15) is 22.1 Å². The minimum Gasteiger partial charge on any atom is -0.495 e. The Morgan fingerprint density at radius 2 is 1.71 bits per heavy atom. The van der Waals surface area contributed by atoms with Gasteiger partial charge in [0.2, 0.25) is 0 Å². The summed E-state index contributed by atoms with van der Waals surface area (Å²) in [5.74, 6) is 1.21. The van der Waals surface area contributed by atoms with E-state index in [2.05, 4.69) is 20.9 Å². The number of aliphatic hydroxyl groups excluding tert-OH is 1. The zero-order valence-corrected chi connectivity index (χ0v) is 14.1. The fourth-order valence-electron chi connectivity index (χ4n) is 2.29. The summed E-state index contributed by atoms with van der Waals surface area (Å²) in [7, 11) is 3.15. The number of halogens is 1. The maximum Gasteiger partial charge on any atom is 0.142 e. The highest BCUT2D eigenvalue weighted by molar-refractivity contribution is 9.10. The Labute approximate surface area is 132 Å². The molecule has 1 unspecified atom stereocenters. The van der Waals surface area contributed by atoms with Crippen LogP contribution in [-0.4, -0.2) is 24.3 Å². The maximum absolute atomic E-state index is 10.7. The fraction of sp³-hybridized carbons (Fsp3) is 0.312. The van der Waals surface area contributed by atoms with E-state index in [0.717, 1.165) is 17.0 Å². The van der Waals surface area contributed by atoms with Gasteiger partial charge in [0.15, 0.2) is 0 Å². The van der Waals surface area contributed by atoms with E-state index >= 15 is 0 Å². The van der Waals surface area contributed by atoms with Crippen molar-refractivity contribution in [1.29, 1.82) is 0 Å². The van der Waals surface area contributed by atoms with E-state index in [4.69, 9.17) is 9.47 Å². The second-order valence-electron chi connectivity index (χ2n) is 4.73. The summed E-state index contributed by atoms with van der Waals surface area (Å²) in [4.78, 5) is 4.39. The third-order valence-corrected chi connectivity index (χ3v) is 4.12. The number of ether oxygens (including phenoxy) is 2. The molecule has 1 aromatic carbocycles. The van der Waals surface area contributed by atoms with Crippen molar-refractivity contribution in [2.75, 3.05) is 14.2 Å². The molecule has 0 radical (unpaired) electrons. The first kappa shape index (κ1) is 15.8. The van der Waals surface area contributed by atoms with Crippen molar-refractivity contribution in [3.63, 3.8) is 0 Å². The van der Waals surface area contributed by atoms with E-state index in [-0.39, 0.29) is 0 Å². The summed E-state index contributed by atoms with van der Waals surface area (Å²) in [6.07, 6.45) is -0.810. The molecule has 0 saturated heterocycles. The van der Waals surface area contributed by atoms with Crippen LogP contribution in [0.2, 0.25) is 0 Å². The van der Waals surface area contributed by atoms with Crippen LogP contribution >= 0.6 is 15.9 Å². The van der Waals surface area contributed by atoms with Gasteiger partial charge in [0.05, 0.1) is 14.2 Å². The van der Waals surface area contributed by atoms with Crippen LogP contribution in [0.5, 0.6) is 11.5 Å². The Morgan fingerprint density at radius 3 is 2.29 bits per heavy atom. The molecule has 1 aromatic heterocycles. The van der Waals surface area contributed by atoms with E-state index in [9.17, 15) is 5.11 Å². The lowest BCUT2D eigenvalue weighted by atomic mass is 9.99. The largest absolute Gasteiger partial charge is 0.495 e. The molecule has 112 valence electrons. The molecule has 21 heavy (non-hydrogen) atoms. The quantitative estimate of drug-likeness (QED) is 0.914. The Hall–Kier alpha value is -1.59. The number of aryl methyl sites for hydroxylation is 2. The van der Waals surface area contributed by atoms with Crippen molar-refractivity contribution in [2.24, 2.45) is 0 Å². The van der Waals surface area contributed by atoms with Crippen LogP contribution in [0, 0.1) is 13.8 Å². The molecule has 2 rings (SSSR count). The molecule has 4 nitrogen and oxygen atoms in total. The molecule has 1 heterocycles. The summed E-state index contributed by atoms with van der Waals surface area (Å²) in [5, 5.41) is 10.7. The molecule has 0 saturated carbocycles. The molecule has 0 aliphatic heterocycles. The van der Waals surface area contributed by atoms with Crippen LogP contribution in [0.4, 0.5) is 0 Å². The Kier molecular flexibility index (Phi) is 4.85. The Bertz CT molecular complexity index is 658. The minimum absolute atomic E-state index is 0.557. The Balaban J connectivity index is 2.52. The molecule has 0 fully saturated rings. The number of aromatic nitrogens is 1. The molecule has 0 spiro atoms. The normalized spacial score (nSPS) is 12.1. The lowest BCUT2D eigenvalue weighted by molar-refractivity contribution is 0.213. The first-order valence-electron chi connectivity index (χ1n) is 6.52. The molecule has 1 atom stereocenters. The average Bonchev–Trinajstić information content (AvgIpc) is 2.46. The van der Waals surface area contributed by atoms with Gasteiger partial charge >= 0.3 is 0 Å². The summed E-state index contributed by atoms with van der Waals surface area (Å²) in [6, 6.07) is 7.37. The molecule has 0 amide bonds. The number of aliphatic hydroxyl groups is 1. The SMILES string of the molecule is COc1ccc(C(O)c2ccc(C)nc2C)c(OC)c1Br. The van der Waals surface area contributed by atoms with E-state index < -0.39 is 6.10 Å². The van der Waals surface area contributed by atoms with Crippen LogP contribution in [0.25, 0.3) is 0 Å². The molecule has 0 bridgehead atoms. The van der Waals surface area contributed by atoms with E-state index in [1.54, 1.807) is 26.4 Å². The number of methoxy groups -OCH3 is 2. The van der Waals surface area contributed by atoms with E-state index in [1.165, 1.54) is 0 Å². The number of nitrogens with zero attached hydrogens (tertiary/aromatic N) is 1. The second kappa shape index (κ2) is 6.45. The van der Waals surface area contributed by atoms with Crippen molar-refractivity contribution >= 4 is 15.9 Å². The van der Waals surface area contributed by atoms with Gasteiger partial charge in [-0.2, -0.15) is 0 Å². The highest BCUT2D eigenvalue weighted by atomic mass is 79.9. The van der Waals surface area contributed by atoms with E-state index in [0.29, 0.717) is 21.5 Å². The van der Waals surface area contributed by atoms with Crippen LogP contribution in [0.3, 0.4) is 0 Å². The maximum atomic E-state index is 10.7. The third-order valence-electron chi connectivity index (χ3n) is 3.37. The van der Waals surface area contributed by atoms with Crippen LogP contribution < -0.4 is 9.47 Å². The zero-order chi connectivity index (χ0) is 15.6. The second-order valence-corrected chi connectivity index (χ2v) is 5.53. The topological polar surface area (TPSA) is 51.6 Å². The van der Waals surface area contributed by atoms with Gasteiger partial charge in [-0.1, -0.05) is 6.07 Å². The van der Waals surface area contributed by atoms with Crippen molar-refractivity contribution in [3.05, 3.63) is 51.3 Å². The van der Waals surface area contributed by atoms with Crippen LogP contribution in [0.15, 0.2) is 28.7 Å². The molecular formula is C16H18BrNO3. The molecule has 0 aliphatic rings. The molecular weight excluding hydrogens is 334 g/mol. The number of hydrogen-bond acceptors (Lipinski definition) is 4. The first-order valence-corrected chi connectivity index (χ1v) is 7.31. The monoisotopic (exact) mass is 351 g/mol.